The molecule has 0 spiro atoms. The fraction of sp³-hybridized carbons (Fsp3) is 0.389. The summed E-state index contributed by atoms with van der Waals surface area (Å²) in [6, 6.07) is 7.19. The molecule has 2 aromatic heterocycles. The van der Waals surface area contributed by atoms with Crippen molar-refractivity contribution in [3.05, 3.63) is 53.5 Å². The third-order valence-electron chi connectivity index (χ3n) is 4.10. The van der Waals surface area contributed by atoms with Crippen LogP contribution < -0.4 is 5.32 Å². The van der Waals surface area contributed by atoms with Crippen molar-refractivity contribution in [3.63, 3.8) is 0 Å². The smallest absolute Gasteiger partial charge is 0.388 e. The lowest BCUT2D eigenvalue weighted by atomic mass is 9.91. The maximum absolute atomic E-state index is 12.6. The van der Waals surface area contributed by atoms with E-state index in [1.54, 1.807) is 32.0 Å². The van der Waals surface area contributed by atoms with Crippen molar-refractivity contribution < 1.29 is 18.3 Å². The molecule has 0 unspecified atom stereocenters. The number of aliphatic hydroxyl groups is 1. The Labute approximate surface area is 154 Å². The number of hydrogen-bond acceptors (Lipinski definition) is 5. The average Bonchev–Trinajstić information content (AvgIpc) is 2.99. The van der Waals surface area contributed by atoms with Crippen LogP contribution in [0.15, 0.2) is 36.7 Å². The van der Waals surface area contributed by atoms with Crippen LogP contribution >= 0.6 is 0 Å². The molecule has 144 valence electrons. The van der Waals surface area contributed by atoms with Crippen LogP contribution in [-0.4, -0.2) is 36.5 Å². The summed E-state index contributed by atoms with van der Waals surface area (Å²) in [5.74, 6) is 0.981. The molecule has 0 aliphatic carbocycles. The van der Waals surface area contributed by atoms with Gasteiger partial charge in [-0.05, 0) is 31.9 Å². The number of aryl methyl sites for hydroxylation is 1. The molecule has 0 saturated heterocycles. The molecule has 2 N–H and O–H groups in total. The summed E-state index contributed by atoms with van der Waals surface area (Å²) in [5, 5.41) is 18.0. The van der Waals surface area contributed by atoms with Crippen LogP contribution in [0.4, 0.5) is 19.0 Å². The minimum atomic E-state index is -4.26. The van der Waals surface area contributed by atoms with Crippen molar-refractivity contribution in [3.8, 4) is 0 Å². The van der Waals surface area contributed by atoms with E-state index in [1.165, 1.54) is 23.0 Å². The van der Waals surface area contributed by atoms with Crippen molar-refractivity contribution in [2.24, 2.45) is 0 Å². The van der Waals surface area contributed by atoms with Crippen molar-refractivity contribution in [1.29, 1.82) is 0 Å². The van der Waals surface area contributed by atoms with E-state index in [0.29, 0.717) is 22.9 Å². The fourth-order valence-electron chi connectivity index (χ4n) is 2.91. The van der Waals surface area contributed by atoms with Gasteiger partial charge in [-0.15, -0.1) is 0 Å². The Morgan fingerprint density at radius 1 is 1.19 bits per heavy atom. The molecule has 3 aromatic rings. The Kier molecular flexibility index (Phi) is 4.81. The summed E-state index contributed by atoms with van der Waals surface area (Å²) < 4.78 is 39.2. The Morgan fingerprint density at radius 3 is 2.44 bits per heavy atom. The third kappa shape index (κ3) is 4.54. The molecule has 0 amide bonds. The minimum absolute atomic E-state index is 0.166. The lowest BCUT2D eigenvalue weighted by Crippen LogP contribution is -2.35. The second-order valence-electron chi connectivity index (χ2n) is 7.02. The van der Waals surface area contributed by atoms with Crippen molar-refractivity contribution >= 4 is 11.6 Å². The summed E-state index contributed by atoms with van der Waals surface area (Å²) in [5.41, 5.74) is 0.332. The molecular formula is C18H20F3N5O. The van der Waals surface area contributed by atoms with E-state index >= 15 is 0 Å². The van der Waals surface area contributed by atoms with Gasteiger partial charge in [0.25, 0.3) is 5.78 Å². The number of aromatic nitrogens is 4. The molecule has 1 aromatic carbocycles. The Hall–Kier alpha value is -2.68. The number of anilines is 1. The lowest BCUT2D eigenvalue weighted by molar-refractivity contribution is -0.127. The van der Waals surface area contributed by atoms with E-state index in [-0.39, 0.29) is 5.56 Å². The van der Waals surface area contributed by atoms with E-state index in [0.717, 1.165) is 0 Å². The molecule has 0 fully saturated rings. The van der Waals surface area contributed by atoms with Gasteiger partial charge >= 0.3 is 6.18 Å². The molecule has 0 aliphatic heterocycles. The third-order valence-corrected chi connectivity index (χ3v) is 4.10. The highest BCUT2D eigenvalue weighted by Gasteiger charge is 2.31. The molecule has 3 rings (SSSR count). The standard InChI is InChI=1S/C18H20F3N5O/c1-11-8-14(26-16(24-11)22-10-23-26)25-15(17(2,3)27)13-6-4-12(5-7-13)9-18(19,20)21/h4-8,10,15,25,27H,9H2,1-3H3/t15-/m0/s1. The van der Waals surface area contributed by atoms with Gasteiger partial charge in [-0.25, -0.2) is 4.98 Å². The van der Waals surface area contributed by atoms with Crippen LogP contribution in [0.1, 0.15) is 36.7 Å². The van der Waals surface area contributed by atoms with Crippen molar-refractivity contribution in [2.75, 3.05) is 5.32 Å². The normalized spacial score (nSPS) is 13.7. The van der Waals surface area contributed by atoms with Crippen LogP contribution in [0, 0.1) is 6.92 Å². The summed E-state index contributed by atoms with van der Waals surface area (Å²) in [4.78, 5) is 8.32. The van der Waals surface area contributed by atoms with E-state index in [2.05, 4.69) is 20.4 Å². The summed E-state index contributed by atoms with van der Waals surface area (Å²) in [6.45, 7) is 5.06. The van der Waals surface area contributed by atoms with Gasteiger partial charge in [0, 0.05) is 11.8 Å². The van der Waals surface area contributed by atoms with Gasteiger partial charge in [-0.2, -0.15) is 27.8 Å². The zero-order valence-electron chi connectivity index (χ0n) is 15.1. The molecule has 27 heavy (non-hydrogen) atoms. The van der Waals surface area contributed by atoms with Crippen molar-refractivity contribution in [2.45, 2.75) is 45.0 Å². The van der Waals surface area contributed by atoms with E-state index < -0.39 is 24.2 Å². The number of halogens is 3. The minimum Gasteiger partial charge on any atom is -0.388 e. The molecule has 0 radical (unpaired) electrons. The van der Waals surface area contributed by atoms with Gasteiger partial charge in [-0.3, -0.25) is 0 Å². The molecule has 0 bridgehead atoms. The first-order valence-corrected chi connectivity index (χ1v) is 8.35. The SMILES string of the molecule is Cc1cc(N[C@@H](c2ccc(CC(F)(F)F)cc2)C(C)(C)O)n2ncnc2n1. The molecule has 9 heteroatoms. The molecule has 1 atom stereocenters. The van der Waals surface area contributed by atoms with Crippen LogP contribution in [0.2, 0.25) is 0 Å². The van der Waals surface area contributed by atoms with Gasteiger partial charge in [-0.1, -0.05) is 24.3 Å². The van der Waals surface area contributed by atoms with Gasteiger partial charge in [0.1, 0.15) is 12.1 Å². The highest BCUT2D eigenvalue weighted by molar-refractivity contribution is 5.47. The maximum Gasteiger partial charge on any atom is 0.393 e. The lowest BCUT2D eigenvalue weighted by Gasteiger charge is -2.31. The van der Waals surface area contributed by atoms with Crippen LogP contribution in [0.5, 0.6) is 0 Å². The summed E-state index contributed by atoms with van der Waals surface area (Å²) >= 11 is 0. The second kappa shape index (κ2) is 6.80. The van der Waals surface area contributed by atoms with Gasteiger partial charge in [0.05, 0.1) is 18.1 Å². The first-order chi connectivity index (χ1) is 12.5. The largest absolute Gasteiger partial charge is 0.393 e. The van der Waals surface area contributed by atoms with E-state index in [4.69, 9.17) is 0 Å². The molecule has 0 saturated carbocycles. The van der Waals surface area contributed by atoms with Gasteiger partial charge in [0.2, 0.25) is 0 Å². The predicted octanol–water partition coefficient (Wildman–Crippen LogP) is 3.46. The van der Waals surface area contributed by atoms with Crippen LogP contribution in [0.3, 0.4) is 0 Å². The predicted molar refractivity (Wildman–Crippen MR) is 94.4 cm³/mol. The second-order valence-corrected chi connectivity index (χ2v) is 7.02. The molecule has 6 nitrogen and oxygen atoms in total. The van der Waals surface area contributed by atoms with Gasteiger partial charge in [0.15, 0.2) is 0 Å². The topological polar surface area (TPSA) is 75.3 Å². The quantitative estimate of drug-likeness (QED) is 0.710. The van der Waals surface area contributed by atoms with Gasteiger partial charge < -0.3 is 10.4 Å². The highest BCUT2D eigenvalue weighted by Crippen LogP contribution is 2.31. The molecule has 0 aliphatic rings. The summed E-state index contributed by atoms with van der Waals surface area (Å²) in [6.07, 6.45) is -3.88. The van der Waals surface area contributed by atoms with E-state index in [1.807, 2.05) is 6.92 Å². The zero-order valence-corrected chi connectivity index (χ0v) is 15.1. The Morgan fingerprint density at radius 2 is 1.85 bits per heavy atom. The monoisotopic (exact) mass is 379 g/mol. The number of nitrogens with one attached hydrogen (secondary N) is 1. The fourth-order valence-corrected chi connectivity index (χ4v) is 2.91. The highest BCUT2D eigenvalue weighted by atomic mass is 19.4. The number of alkyl halides is 3. The van der Waals surface area contributed by atoms with Crippen LogP contribution in [-0.2, 0) is 6.42 Å². The first kappa shape index (κ1) is 19.1. The number of benzene rings is 1. The first-order valence-electron chi connectivity index (χ1n) is 8.35. The Bertz CT molecular complexity index is 929. The average molecular weight is 379 g/mol. The molecule has 2 heterocycles. The van der Waals surface area contributed by atoms with Crippen molar-refractivity contribution in [1.82, 2.24) is 19.6 Å². The number of hydrogen-bond donors (Lipinski definition) is 2. The number of rotatable bonds is 5. The van der Waals surface area contributed by atoms with Crippen LogP contribution in [0.25, 0.3) is 5.78 Å². The Balaban J connectivity index is 1.94. The zero-order chi connectivity index (χ0) is 19.8. The maximum atomic E-state index is 12.6. The van der Waals surface area contributed by atoms with E-state index in [9.17, 15) is 18.3 Å². The summed E-state index contributed by atoms with van der Waals surface area (Å²) in [7, 11) is 0. The number of fused-ring (bicyclic) bond motifs is 1. The number of nitrogens with zero attached hydrogens (tertiary/aromatic N) is 4. The molecular weight excluding hydrogens is 359 g/mol.